The van der Waals surface area contributed by atoms with Gasteiger partial charge in [-0.05, 0) is 31.2 Å². The van der Waals surface area contributed by atoms with Gasteiger partial charge in [0.25, 0.3) is 5.91 Å². The number of hydrogen-bond acceptors (Lipinski definition) is 5. The molecule has 2 aromatic rings. The van der Waals surface area contributed by atoms with Crippen LogP contribution in [0.3, 0.4) is 0 Å². The molecule has 3 rings (SSSR count). The van der Waals surface area contributed by atoms with Gasteiger partial charge in [-0.15, -0.1) is 0 Å². The number of likely N-dealkylation sites (N-methyl/N-ethyl adjacent to an activating group) is 1. The number of aromatic amines is 1. The van der Waals surface area contributed by atoms with Crippen LogP contribution in [0.5, 0.6) is 5.75 Å². The van der Waals surface area contributed by atoms with Crippen molar-refractivity contribution in [3.63, 3.8) is 0 Å². The van der Waals surface area contributed by atoms with E-state index in [1.807, 2.05) is 37.1 Å². The van der Waals surface area contributed by atoms with Crippen LogP contribution in [0.15, 0.2) is 24.3 Å². The zero-order chi connectivity index (χ0) is 20.4. The molecule has 2 amide bonds. The van der Waals surface area contributed by atoms with Crippen molar-refractivity contribution in [3.05, 3.63) is 41.2 Å². The molecular weight excluding hydrogens is 358 g/mol. The number of ether oxygens (including phenoxy) is 1. The van der Waals surface area contributed by atoms with Crippen LogP contribution in [-0.4, -0.2) is 72.7 Å². The van der Waals surface area contributed by atoms with Crippen LogP contribution in [0, 0.1) is 6.92 Å². The number of H-pyrrole nitrogens is 1. The Bertz CT molecular complexity index is 876. The Labute approximate surface area is 165 Å². The van der Waals surface area contributed by atoms with Crippen molar-refractivity contribution in [2.24, 2.45) is 0 Å². The van der Waals surface area contributed by atoms with Crippen molar-refractivity contribution < 1.29 is 14.3 Å². The van der Waals surface area contributed by atoms with E-state index in [9.17, 15) is 9.59 Å². The normalized spacial score (nSPS) is 15.6. The van der Waals surface area contributed by atoms with Crippen molar-refractivity contribution in [2.75, 3.05) is 39.7 Å². The molecule has 1 aromatic heterocycles. The minimum absolute atomic E-state index is 0.0186. The molecule has 0 saturated heterocycles. The van der Waals surface area contributed by atoms with Crippen LogP contribution in [0.1, 0.15) is 28.2 Å². The van der Waals surface area contributed by atoms with Crippen LogP contribution in [-0.2, 0) is 11.3 Å². The van der Waals surface area contributed by atoms with Crippen molar-refractivity contribution in [1.82, 2.24) is 20.0 Å². The predicted octanol–water partition coefficient (Wildman–Crippen LogP) is 1.67. The van der Waals surface area contributed by atoms with Gasteiger partial charge in [0.15, 0.2) is 0 Å². The number of carbonyl (C=O) groups excluding carboxylic acids is 2. The lowest BCUT2D eigenvalue weighted by Crippen LogP contribution is -2.44. The van der Waals surface area contributed by atoms with Gasteiger partial charge in [0, 0.05) is 39.4 Å². The van der Waals surface area contributed by atoms with Crippen molar-refractivity contribution in [2.45, 2.75) is 25.9 Å². The Morgan fingerprint density at radius 1 is 1.29 bits per heavy atom. The van der Waals surface area contributed by atoms with E-state index in [0.717, 1.165) is 22.8 Å². The maximum Gasteiger partial charge on any atom is 0.253 e. The number of nitrogens with zero attached hydrogens (tertiary/aromatic N) is 4. The lowest BCUT2D eigenvalue weighted by Gasteiger charge is -2.36. The second-order valence-electron chi connectivity index (χ2n) is 7.45. The molecule has 8 heteroatoms. The summed E-state index contributed by atoms with van der Waals surface area (Å²) in [4.78, 5) is 30.2. The highest BCUT2D eigenvalue weighted by molar-refractivity contribution is 5.95. The van der Waals surface area contributed by atoms with E-state index in [1.165, 1.54) is 4.90 Å². The fraction of sp³-hybridized carbons (Fsp3) is 0.450. The van der Waals surface area contributed by atoms with E-state index in [2.05, 4.69) is 10.2 Å². The third kappa shape index (κ3) is 4.11. The van der Waals surface area contributed by atoms with E-state index in [1.54, 1.807) is 32.1 Å². The number of carbonyl (C=O) groups is 2. The standard InChI is InChI=1S/C20H27N5O3/c1-13-8-15(22-21-13)11-24(4)19(26)10-16-12-28-18-7-6-14(20(27)23(2)3)9-17(18)25(16)5/h6-9,16H,10-12H2,1-5H3,(H,21,22). The highest BCUT2D eigenvalue weighted by Crippen LogP contribution is 2.34. The molecule has 150 valence electrons. The zero-order valence-corrected chi connectivity index (χ0v) is 17.0. The highest BCUT2D eigenvalue weighted by Gasteiger charge is 2.29. The topological polar surface area (TPSA) is 81.8 Å². The lowest BCUT2D eigenvalue weighted by molar-refractivity contribution is -0.131. The van der Waals surface area contributed by atoms with Crippen molar-refractivity contribution >= 4 is 17.5 Å². The largest absolute Gasteiger partial charge is 0.489 e. The molecule has 0 spiro atoms. The van der Waals surface area contributed by atoms with Gasteiger partial charge in [-0.25, -0.2) is 0 Å². The first-order valence-corrected chi connectivity index (χ1v) is 9.22. The summed E-state index contributed by atoms with van der Waals surface area (Å²) in [7, 11) is 7.15. The molecule has 0 fully saturated rings. The quantitative estimate of drug-likeness (QED) is 0.847. The predicted molar refractivity (Wildman–Crippen MR) is 107 cm³/mol. The summed E-state index contributed by atoms with van der Waals surface area (Å²) in [6.07, 6.45) is 0.321. The molecule has 0 radical (unpaired) electrons. The van der Waals surface area contributed by atoms with E-state index >= 15 is 0 Å². The van der Waals surface area contributed by atoms with Crippen LogP contribution >= 0.6 is 0 Å². The number of benzene rings is 1. The van der Waals surface area contributed by atoms with Gasteiger partial charge < -0.3 is 19.4 Å². The SMILES string of the molecule is Cc1cc(CN(C)C(=O)CC2COc3ccc(C(=O)N(C)C)cc3N2C)n[nH]1. The van der Waals surface area contributed by atoms with Crippen LogP contribution in [0.2, 0.25) is 0 Å². The number of nitrogens with one attached hydrogen (secondary N) is 1. The number of anilines is 1. The molecule has 28 heavy (non-hydrogen) atoms. The second kappa shape index (κ2) is 7.92. The van der Waals surface area contributed by atoms with Gasteiger partial charge in [-0.1, -0.05) is 0 Å². The maximum atomic E-state index is 12.7. The summed E-state index contributed by atoms with van der Waals surface area (Å²) in [5.74, 6) is 0.676. The molecule has 0 saturated carbocycles. The first kappa shape index (κ1) is 19.7. The Morgan fingerprint density at radius 3 is 2.68 bits per heavy atom. The van der Waals surface area contributed by atoms with E-state index in [0.29, 0.717) is 25.1 Å². The van der Waals surface area contributed by atoms with Crippen LogP contribution < -0.4 is 9.64 Å². The first-order chi connectivity index (χ1) is 13.3. The molecule has 1 unspecified atom stereocenters. The van der Waals surface area contributed by atoms with Gasteiger partial charge >= 0.3 is 0 Å². The number of fused-ring (bicyclic) bond motifs is 1. The molecule has 2 heterocycles. The molecule has 1 aliphatic heterocycles. The molecular formula is C20H27N5O3. The van der Waals surface area contributed by atoms with E-state index < -0.39 is 0 Å². The molecule has 0 aliphatic carbocycles. The molecule has 1 atom stereocenters. The Balaban J connectivity index is 1.69. The Morgan fingerprint density at radius 2 is 2.04 bits per heavy atom. The summed E-state index contributed by atoms with van der Waals surface area (Å²) in [5, 5.41) is 7.07. The summed E-state index contributed by atoms with van der Waals surface area (Å²) in [6.45, 7) is 2.81. The number of aromatic nitrogens is 2. The van der Waals surface area contributed by atoms with Gasteiger partial charge in [0.1, 0.15) is 12.4 Å². The highest BCUT2D eigenvalue weighted by atomic mass is 16.5. The summed E-state index contributed by atoms with van der Waals surface area (Å²) < 4.78 is 5.85. The molecule has 1 aliphatic rings. The van der Waals surface area contributed by atoms with Gasteiger partial charge in [0.2, 0.25) is 5.91 Å². The van der Waals surface area contributed by atoms with E-state index in [4.69, 9.17) is 4.74 Å². The number of rotatable bonds is 5. The monoisotopic (exact) mass is 385 g/mol. The first-order valence-electron chi connectivity index (χ1n) is 9.22. The number of amides is 2. The van der Waals surface area contributed by atoms with Gasteiger partial charge in [-0.3, -0.25) is 14.7 Å². The lowest BCUT2D eigenvalue weighted by atomic mass is 10.1. The van der Waals surface area contributed by atoms with Gasteiger partial charge in [0.05, 0.1) is 30.4 Å². The number of hydrogen-bond donors (Lipinski definition) is 1. The summed E-state index contributed by atoms with van der Waals surface area (Å²) in [6, 6.07) is 7.23. The fourth-order valence-electron chi connectivity index (χ4n) is 3.24. The molecule has 8 nitrogen and oxygen atoms in total. The van der Waals surface area contributed by atoms with Crippen LogP contribution in [0.25, 0.3) is 0 Å². The van der Waals surface area contributed by atoms with Gasteiger partial charge in [-0.2, -0.15) is 5.10 Å². The van der Waals surface area contributed by atoms with Crippen molar-refractivity contribution in [1.29, 1.82) is 0 Å². The van der Waals surface area contributed by atoms with Crippen molar-refractivity contribution in [3.8, 4) is 5.75 Å². The summed E-state index contributed by atoms with van der Waals surface area (Å²) in [5.41, 5.74) is 3.22. The summed E-state index contributed by atoms with van der Waals surface area (Å²) >= 11 is 0. The maximum absolute atomic E-state index is 12.7. The van der Waals surface area contributed by atoms with Crippen LogP contribution in [0.4, 0.5) is 5.69 Å². The minimum atomic E-state index is -0.104. The molecule has 1 N–H and O–H groups in total. The number of aryl methyl sites for hydroxylation is 1. The fourth-order valence-corrected chi connectivity index (χ4v) is 3.24. The average molecular weight is 385 g/mol. The third-order valence-corrected chi connectivity index (χ3v) is 4.97. The Kier molecular flexibility index (Phi) is 5.58. The molecule has 1 aromatic carbocycles. The second-order valence-corrected chi connectivity index (χ2v) is 7.45. The van der Waals surface area contributed by atoms with E-state index in [-0.39, 0.29) is 17.9 Å². The Hall–Kier alpha value is -3.03. The average Bonchev–Trinajstić information content (AvgIpc) is 3.07. The smallest absolute Gasteiger partial charge is 0.253 e. The minimum Gasteiger partial charge on any atom is -0.489 e. The third-order valence-electron chi connectivity index (χ3n) is 4.97. The molecule has 0 bridgehead atoms. The zero-order valence-electron chi connectivity index (χ0n) is 17.0.